The van der Waals surface area contributed by atoms with E-state index in [0.29, 0.717) is 13.1 Å². The number of benzene rings is 1. The van der Waals surface area contributed by atoms with Crippen LogP contribution >= 0.6 is 0 Å². The van der Waals surface area contributed by atoms with Gasteiger partial charge in [-0.05, 0) is 18.6 Å². The first-order valence-corrected chi connectivity index (χ1v) is 6.90. The number of hydrogen-bond donors (Lipinski definition) is 2. The van der Waals surface area contributed by atoms with E-state index in [1.54, 1.807) is 6.20 Å². The van der Waals surface area contributed by atoms with E-state index in [1.165, 1.54) is 5.56 Å². The zero-order valence-corrected chi connectivity index (χ0v) is 11.5. The first kappa shape index (κ1) is 12.9. The lowest BCUT2D eigenvalue weighted by Crippen LogP contribution is -2.32. The minimum absolute atomic E-state index is 0.000554. The Bertz CT molecular complexity index is 605. The van der Waals surface area contributed by atoms with Gasteiger partial charge in [0.1, 0.15) is 0 Å². The third-order valence-electron chi connectivity index (χ3n) is 4.06. The van der Waals surface area contributed by atoms with Gasteiger partial charge in [-0.15, -0.1) is 0 Å². The molecule has 1 aliphatic rings. The molecule has 0 unspecified atom stereocenters. The maximum Gasteiger partial charge on any atom is 0.255 e. The predicted molar refractivity (Wildman–Crippen MR) is 78.6 cm³/mol. The average molecular weight is 269 g/mol. The summed E-state index contributed by atoms with van der Waals surface area (Å²) in [4.78, 5) is 17.4. The Morgan fingerprint density at radius 3 is 2.65 bits per heavy atom. The molecule has 1 aromatic heterocycles. The molecule has 0 saturated carbocycles. The highest BCUT2D eigenvalue weighted by molar-refractivity contribution is 5.95. The second-order valence-electron chi connectivity index (χ2n) is 5.41. The van der Waals surface area contributed by atoms with Gasteiger partial charge in [0, 0.05) is 36.9 Å². The van der Waals surface area contributed by atoms with E-state index in [9.17, 15) is 4.79 Å². The van der Waals surface area contributed by atoms with E-state index in [1.807, 2.05) is 36.1 Å². The molecule has 0 aliphatic carbocycles. The van der Waals surface area contributed by atoms with Gasteiger partial charge in [0.2, 0.25) is 0 Å². The number of H-pyrrole nitrogens is 1. The molecule has 3 rings (SSSR count). The smallest absolute Gasteiger partial charge is 0.255 e. The van der Waals surface area contributed by atoms with Crippen molar-refractivity contribution in [2.24, 2.45) is 5.73 Å². The first-order valence-electron chi connectivity index (χ1n) is 6.90. The first-order chi connectivity index (χ1) is 9.66. The molecular weight excluding hydrogens is 250 g/mol. The lowest BCUT2D eigenvalue weighted by molar-refractivity contribution is 0.0788. The normalized spacial score (nSPS) is 22.2. The summed E-state index contributed by atoms with van der Waals surface area (Å²) in [5, 5.41) is 0. The maximum absolute atomic E-state index is 12.5. The standard InChI is InChI=1S/C16H19N3O/c1-11-13(7-8-18-11)16(20)19-9-14(15(17)10-19)12-5-3-2-4-6-12/h2-8,14-15,18H,9-10,17H2,1H3/t14-,15+/m0/s1. The van der Waals surface area contributed by atoms with E-state index in [2.05, 4.69) is 17.1 Å². The molecule has 4 heteroatoms. The second kappa shape index (κ2) is 5.13. The Morgan fingerprint density at radius 2 is 2.00 bits per heavy atom. The van der Waals surface area contributed by atoms with Crippen LogP contribution < -0.4 is 5.73 Å². The van der Waals surface area contributed by atoms with Gasteiger partial charge < -0.3 is 15.6 Å². The van der Waals surface area contributed by atoms with Crippen molar-refractivity contribution in [2.45, 2.75) is 18.9 Å². The van der Waals surface area contributed by atoms with E-state index in [-0.39, 0.29) is 17.9 Å². The highest BCUT2D eigenvalue weighted by atomic mass is 16.2. The summed E-state index contributed by atoms with van der Waals surface area (Å²) >= 11 is 0. The van der Waals surface area contributed by atoms with Crippen LogP contribution in [0.2, 0.25) is 0 Å². The Labute approximate surface area is 118 Å². The predicted octanol–water partition coefficient (Wildman–Crippen LogP) is 1.89. The molecule has 1 amide bonds. The number of aromatic nitrogens is 1. The van der Waals surface area contributed by atoms with E-state index in [0.717, 1.165) is 11.3 Å². The quantitative estimate of drug-likeness (QED) is 0.874. The van der Waals surface area contributed by atoms with Crippen LogP contribution in [0.3, 0.4) is 0 Å². The lowest BCUT2D eigenvalue weighted by Gasteiger charge is -2.16. The molecule has 2 aromatic rings. The molecule has 1 aromatic carbocycles. The number of amides is 1. The number of rotatable bonds is 2. The van der Waals surface area contributed by atoms with Crippen LogP contribution in [0, 0.1) is 6.92 Å². The fraction of sp³-hybridized carbons (Fsp3) is 0.312. The van der Waals surface area contributed by atoms with Gasteiger partial charge in [0.05, 0.1) is 5.56 Å². The zero-order valence-electron chi connectivity index (χ0n) is 11.5. The maximum atomic E-state index is 12.5. The number of likely N-dealkylation sites (tertiary alicyclic amines) is 1. The highest BCUT2D eigenvalue weighted by Gasteiger charge is 2.34. The minimum atomic E-state index is 0.000554. The highest BCUT2D eigenvalue weighted by Crippen LogP contribution is 2.27. The van der Waals surface area contributed by atoms with Crippen molar-refractivity contribution in [1.29, 1.82) is 0 Å². The number of nitrogens with two attached hydrogens (primary N) is 1. The molecule has 0 radical (unpaired) electrons. The topological polar surface area (TPSA) is 62.1 Å². The summed E-state index contributed by atoms with van der Waals surface area (Å²) in [5.74, 6) is 0.289. The number of aryl methyl sites for hydroxylation is 1. The molecule has 0 bridgehead atoms. The molecule has 1 saturated heterocycles. The zero-order chi connectivity index (χ0) is 14.1. The number of nitrogens with one attached hydrogen (secondary N) is 1. The van der Waals surface area contributed by atoms with Gasteiger partial charge in [-0.2, -0.15) is 0 Å². The number of nitrogens with zero attached hydrogens (tertiary/aromatic N) is 1. The number of aromatic amines is 1. The van der Waals surface area contributed by atoms with E-state index < -0.39 is 0 Å². The SMILES string of the molecule is Cc1[nH]ccc1C(=O)N1C[C@@H](N)[C@H](c2ccccc2)C1. The lowest BCUT2D eigenvalue weighted by atomic mass is 9.95. The minimum Gasteiger partial charge on any atom is -0.365 e. The van der Waals surface area contributed by atoms with Crippen LogP contribution in [0.1, 0.15) is 27.5 Å². The van der Waals surface area contributed by atoms with Crippen LogP contribution in [-0.2, 0) is 0 Å². The van der Waals surface area contributed by atoms with Crippen molar-refractivity contribution >= 4 is 5.91 Å². The van der Waals surface area contributed by atoms with Crippen LogP contribution in [0.4, 0.5) is 0 Å². The van der Waals surface area contributed by atoms with Crippen LogP contribution in [0.15, 0.2) is 42.6 Å². The third kappa shape index (κ3) is 2.23. The van der Waals surface area contributed by atoms with Crippen molar-refractivity contribution in [1.82, 2.24) is 9.88 Å². The van der Waals surface area contributed by atoms with E-state index >= 15 is 0 Å². The molecule has 20 heavy (non-hydrogen) atoms. The van der Waals surface area contributed by atoms with Crippen molar-refractivity contribution in [3.8, 4) is 0 Å². The van der Waals surface area contributed by atoms with Crippen molar-refractivity contribution in [2.75, 3.05) is 13.1 Å². The Morgan fingerprint density at radius 1 is 1.25 bits per heavy atom. The number of hydrogen-bond acceptors (Lipinski definition) is 2. The van der Waals surface area contributed by atoms with Crippen molar-refractivity contribution in [3.63, 3.8) is 0 Å². The summed E-state index contributed by atoms with van der Waals surface area (Å²) in [7, 11) is 0. The molecule has 4 nitrogen and oxygen atoms in total. The molecule has 1 aliphatic heterocycles. The Balaban J connectivity index is 1.79. The van der Waals surface area contributed by atoms with Crippen molar-refractivity contribution in [3.05, 3.63) is 59.4 Å². The largest absolute Gasteiger partial charge is 0.365 e. The fourth-order valence-electron chi connectivity index (χ4n) is 2.90. The summed E-state index contributed by atoms with van der Waals surface area (Å²) in [6.45, 7) is 3.22. The molecule has 2 heterocycles. The molecule has 3 N–H and O–H groups in total. The molecule has 104 valence electrons. The summed E-state index contributed by atoms with van der Waals surface area (Å²) in [6, 6.07) is 12.0. The van der Waals surface area contributed by atoms with Crippen LogP contribution in [0.25, 0.3) is 0 Å². The van der Waals surface area contributed by atoms with Gasteiger partial charge in [-0.3, -0.25) is 4.79 Å². The van der Waals surface area contributed by atoms with Gasteiger partial charge in [0.25, 0.3) is 5.91 Å². The van der Waals surface area contributed by atoms with Gasteiger partial charge in [0.15, 0.2) is 0 Å². The average Bonchev–Trinajstić information content (AvgIpc) is 3.05. The van der Waals surface area contributed by atoms with E-state index in [4.69, 9.17) is 5.73 Å². The summed E-state index contributed by atoms with van der Waals surface area (Å²) < 4.78 is 0. The molecule has 2 atom stereocenters. The monoisotopic (exact) mass is 269 g/mol. The van der Waals surface area contributed by atoms with Crippen LogP contribution in [0.5, 0.6) is 0 Å². The molecule has 1 fully saturated rings. The molecular formula is C16H19N3O. The van der Waals surface area contributed by atoms with Gasteiger partial charge >= 0.3 is 0 Å². The van der Waals surface area contributed by atoms with Gasteiger partial charge in [-0.25, -0.2) is 0 Å². The fourth-order valence-corrected chi connectivity index (χ4v) is 2.90. The summed E-state index contributed by atoms with van der Waals surface area (Å²) in [6.07, 6.45) is 1.80. The summed E-state index contributed by atoms with van der Waals surface area (Å²) in [5.41, 5.74) is 9.09. The Kier molecular flexibility index (Phi) is 3.32. The van der Waals surface area contributed by atoms with Crippen molar-refractivity contribution < 1.29 is 4.79 Å². The molecule has 0 spiro atoms. The number of carbonyl (C=O) groups is 1. The second-order valence-corrected chi connectivity index (χ2v) is 5.41. The van der Waals surface area contributed by atoms with Crippen LogP contribution in [-0.4, -0.2) is 34.9 Å². The third-order valence-corrected chi connectivity index (χ3v) is 4.06. The van der Waals surface area contributed by atoms with Gasteiger partial charge in [-0.1, -0.05) is 30.3 Å². The number of carbonyl (C=O) groups excluding carboxylic acids is 1. The Hall–Kier alpha value is -2.07.